The van der Waals surface area contributed by atoms with E-state index in [1.165, 1.54) is 0 Å². The van der Waals surface area contributed by atoms with E-state index in [9.17, 15) is 4.79 Å². The Kier molecular flexibility index (Phi) is 8.68. The Morgan fingerprint density at radius 3 is 2.50 bits per heavy atom. The summed E-state index contributed by atoms with van der Waals surface area (Å²) in [6.07, 6.45) is 2.11. The van der Waals surface area contributed by atoms with E-state index in [4.69, 9.17) is 0 Å². The molecule has 1 aromatic rings. The first-order chi connectivity index (χ1) is 11.4. The second kappa shape index (κ2) is 10.2. The maximum Gasteiger partial charge on any atom is 0.251 e. The predicted molar refractivity (Wildman–Crippen MR) is 105 cm³/mol. The number of carbonyl (C=O) groups is 1. The molecule has 1 amide bonds. The van der Waals surface area contributed by atoms with Gasteiger partial charge < -0.3 is 16.0 Å². The molecule has 1 rings (SSSR count). The number of nitrogens with one attached hydrogen (secondary N) is 3. The summed E-state index contributed by atoms with van der Waals surface area (Å²) in [5.74, 6) is 0.748. The van der Waals surface area contributed by atoms with Crippen LogP contribution in [0.1, 0.15) is 43.6 Å². The molecule has 0 atom stereocenters. The molecule has 0 aliphatic carbocycles. The minimum atomic E-state index is -0.0462. The average Bonchev–Trinajstić information content (AvgIpc) is 2.58. The van der Waals surface area contributed by atoms with Gasteiger partial charge in [-0.3, -0.25) is 4.79 Å². The van der Waals surface area contributed by atoms with Crippen molar-refractivity contribution in [3.05, 3.63) is 35.4 Å². The quantitative estimate of drug-likeness (QED) is 0.498. The molecular weight excluding hydrogens is 320 g/mol. The number of rotatable bonds is 8. The lowest BCUT2D eigenvalue weighted by Gasteiger charge is -2.23. The molecule has 0 heterocycles. The molecule has 0 bridgehead atoms. The average molecular weight is 351 g/mol. The van der Waals surface area contributed by atoms with Crippen LogP contribution >= 0.6 is 11.8 Å². The van der Waals surface area contributed by atoms with E-state index in [2.05, 4.69) is 41.0 Å². The third-order valence-corrected chi connectivity index (χ3v) is 4.77. The Balaban J connectivity index is 2.75. The van der Waals surface area contributed by atoms with Crippen molar-refractivity contribution < 1.29 is 4.79 Å². The number of carbonyl (C=O) groups excluding carboxylic acids is 1. The van der Waals surface area contributed by atoms with Gasteiger partial charge in [0, 0.05) is 29.9 Å². The van der Waals surface area contributed by atoms with Crippen LogP contribution in [0.3, 0.4) is 0 Å². The molecule has 134 valence electrons. The van der Waals surface area contributed by atoms with Crippen molar-refractivity contribution in [3.63, 3.8) is 0 Å². The highest BCUT2D eigenvalue weighted by atomic mass is 32.2. The van der Waals surface area contributed by atoms with Crippen molar-refractivity contribution in [2.24, 2.45) is 4.99 Å². The number of thioether (sulfide) groups is 1. The summed E-state index contributed by atoms with van der Waals surface area (Å²) in [6, 6.07) is 7.60. The summed E-state index contributed by atoms with van der Waals surface area (Å²) >= 11 is 1.82. The zero-order valence-corrected chi connectivity index (χ0v) is 16.2. The Morgan fingerprint density at radius 2 is 1.88 bits per heavy atom. The van der Waals surface area contributed by atoms with Crippen LogP contribution in [0.4, 0.5) is 0 Å². The molecule has 3 N–H and O–H groups in total. The summed E-state index contributed by atoms with van der Waals surface area (Å²) in [5, 5.41) is 9.45. The van der Waals surface area contributed by atoms with Crippen LogP contribution in [0.5, 0.6) is 0 Å². The maximum atomic E-state index is 11.9. The Morgan fingerprint density at radius 1 is 1.17 bits per heavy atom. The third-order valence-electron chi connectivity index (χ3n) is 3.52. The molecule has 0 aliphatic rings. The highest BCUT2D eigenvalue weighted by Crippen LogP contribution is 2.19. The van der Waals surface area contributed by atoms with E-state index < -0.39 is 0 Å². The SMILES string of the molecule is CCNC(=O)c1cccc(CN=C(NCC)NCC(C)(C)SC)c1. The lowest BCUT2D eigenvalue weighted by atomic mass is 10.1. The molecule has 0 aliphatic heterocycles. The van der Waals surface area contributed by atoms with E-state index in [-0.39, 0.29) is 10.7 Å². The van der Waals surface area contributed by atoms with E-state index >= 15 is 0 Å². The molecule has 0 radical (unpaired) electrons. The summed E-state index contributed by atoms with van der Waals surface area (Å²) in [7, 11) is 0. The first kappa shape index (κ1) is 20.4. The molecule has 0 saturated carbocycles. The smallest absolute Gasteiger partial charge is 0.251 e. The minimum Gasteiger partial charge on any atom is -0.357 e. The largest absolute Gasteiger partial charge is 0.357 e. The maximum absolute atomic E-state index is 11.9. The van der Waals surface area contributed by atoms with Crippen molar-refractivity contribution in [1.82, 2.24) is 16.0 Å². The van der Waals surface area contributed by atoms with Crippen molar-refractivity contribution >= 4 is 23.6 Å². The van der Waals surface area contributed by atoms with Crippen molar-refractivity contribution in [2.45, 2.75) is 39.0 Å². The van der Waals surface area contributed by atoms with Gasteiger partial charge in [0.25, 0.3) is 5.91 Å². The molecule has 0 unspecified atom stereocenters. The molecule has 5 nitrogen and oxygen atoms in total. The van der Waals surface area contributed by atoms with Gasteiger partial charge in [0.2, 0.25) is 0 Å². The van der Waals surface area contributed by atoms with Crippen LogP contribution in [0, 0.1) is 0 Å². The molecule has 0 spiro atoms. The number of benzene rings is 1. The number of aliphatic imine (C=N–C) groups is 1. The van der Waals surface area contributed by atoms with Crippen LogP contribution in [0.2, 0.25) is 0 Å². The van der Waals surface area contributed by atoms with Gasteiger partial charge in [-0.25, -0.2) is 4.99 Å². The van der Waals surface area contributed by atoms with E-state index in [1.807, 2.05) is 49.9 Å². The van der Waals surface area contributed by atoms with E-state index in [0.717, 1.165) is 24.6 Å². The van der Waals surface area contributed by atoms with Crippen LogP contribution < -0.4 is 16.0 Å². The molecule has 24 heavy (non-hydrogen) atoms. The van der Waals surface area contributed by atoms with Crippen LogP contribution in [-0.4, -0.2) is 42.5 Å². The fourth-order valence-electron chi connectivity index (χ4n) is 1.95. The molecule has 1 aromatic carbocycles. The van der Waals surface area contributed by atoms with Gasteiger partial charge in [0.05, 0.1) is 6.54 Å². The van der Waals surface area contributed by atoms with Crippen LogP contribution in [0.15, 0.2) is 29.3 Å². The standard InChI is InChI=1S/C18H30N4OS/c1-6-19-16(23)15-10-8-9-14(11-15)12-21-17(20-7-2)22-13-18(3,4)24-5/h8-11H,6-7,12-13H2,1-5H3,(H,19,23)(H2,20,21,22). The Labute approximate surface area is 150 Å². The van der Waals surface area contributed by atoms with Crippen molar-refractivity contribution in [2.75, 3.05) is 25.9 Å². The van der Waals surface area contributed by atoms with Crippen molar-refractivity contribution in [1.29, 1.82) is 0 Å². The van der Waals surface area contributed by atoms with Gasteiger partial charge in [0.1, 0.15) is 0 Å². The first-order valence-corrected chi connectivity index (χ1v) is 9.58. The number of guanidine groups is 1. The lowest BCUT2D eigenvalue weighted by Crippen LogP contribution is -2.43. The normalized spacial score (nSPS) is 12.0. The summed E-state index contributed by atoms with van der Waals surface area (Å²) in [4.78, 5) is 16.5. The summed E-state index contributed by atoms with van der Waals surface area (Å²) < 4.78 is 0.147. The van der Waals surface area contributed by atoms with Crippen LogP contribution in [-0.2, 0) is 6.54 Å². The van der Waals surface area contributed by atoms with Gasteiger partial charge in [-0.05, 0) is 51.6 Å². The predicted octanol–water partition coefficient (Wildman–Crippen LogP) is 2.63. The molecule has 0 saturated heterocycles. The van der Waals surface area contributed by atoms with Gasteiger partial charge in [-0.2, -0.15) is 11.8 Å². The topological polar surface area (TPSA) is 65.5 Å². The second-order valence-electron chi connectivity index (χ2n) is 6.07. The third kappa shape index (κ3) is 7.25. The number of nitrogens with zero attached hydrogens (tertiary/aromatic N) is 1. The molecule has 6 heteroatoms. The summed E-state index contributed by atoms with van der Waals surface area (Å²) in [6.45, 7) is 11.2. The Hall–Kier alpha value is -1.69. The number of hydrogen-bond acceptors (Lipinski definition) is 3. The van der Waals surface area contributed by atoms with Gasteiger partial charge >= 0.3 is 0 Å². The van der Waals surface area contributed by atoms with Gasteiger partial charge in [0.15, 0.2) is 5.96 Å². The minimum absolute atomic E-state index is 0.0462. The zero-order chi connectivity index (χ0) is 18.0. The molecular formula is C18H30N4OS. The highest BCUT2D eigenvalue weighted by molar-refractivity contribution is 7.99. The van der Waals surface area contributed by atoms with Gasteiger partial charge in [-0.15, -0.1) is 0 Å². The fraction of sp³-hybridized carbons (Fsp3) is 0.556. The Bertz CT molecular complexity index is 558. The van der Waals surface area contributed by atoms with Crippen molar-refractivity contribution in [3.8, 4) is 0 Å². The number of hydrogen-bond donors (Lipinski definition) is 3. The summed E-state index contributed by atoms with van der Waals surface area (Å²) in [5.41, 5.74) is 1.69. The lowest BCUT2D eigenvalue weighted by molar-refractivity contribution is 0.0955. The molecule has 0 aromatic heterocycles. The first-order valence-electron chi connectivity index (χ1n) is 8.36. The second-order valence-corrected chi connectivity index (χ2v) is 7.59. The van der Waals surface area contributed by atoms with E-state index in [0.29, 0.717) is 18.7 Å². The van der Waals surface area contributed by atoms with Gasteiger partial charge in [-0.1, -0.05) is 12.1 Å². The highest BCUT2D eigenvalue weighted by Gasteiger charge is 2.16. The van der Waals surface area contributed by atoms with E-state index in [1.54, 1.807) is 0 Å². The van der Waals surface area contributed by atoms with Crippen LogP contribution in [0.25, 0.3) is 0 Å². The zero-order valence-electron chi connectivity index (χ0n) is 15.4. The monoisotopic (exact) mass is 350 g/mol. The molecule has 0 fully saturated rings. The fourth-order valence-corrected chi connectivity index (χ4v) is 2.17. The number of amides is 1.